The average Bonchev–Trinajstić information content (AvgIpc) is 2.70. The van der Waals surface area contributed by atoms with E-state index in [1.807, 2.05) is 30.3 Å². The van der Waals surface area contributed by atoms with Gasteiger partial charge in [0, 0.05) is 26.2 Å². The maximum atomic E-state index is 14.6. The van der Waals surface area contributed by atoms with Crippen LogP contribution in [-0.4, -0.2) is 53.2 Å². The fraction of sp³-hybridized carbons (Fsp3) is 0.556. The van der Waals surface area contributed by atoms with Gasteiger partial charge in [0.15, 0.2) is 6.17 Å². The van der Waals surface area contributed by atoms with Crippen LogP contribution < -0.4 is 0 Å². The van der Waals surface area contributed by atoms with Gasteiger partial charge < -0.3 is 14.5 Å². The number of carbonyl (C=O) groups is 2. The van der Waals surface area contributed by atoms with E-state index in [0.717, 1.165) is 5.56 Å². The Morgan fingerprint density at radius 2 is 1.88 bits per heavy atom. The summed E-state index contributed by atoms with van der Waals surface area (Å²) in [4.78, 5) is 27.3. The first-order valence-corrected chi connectivity index (χ1v) is 8.15. The molecule has 2 heterocycles. The number of amides is 2. The quantitative estimate of drug-likeness (QED) is 0.835. The van der Waals surface area contributed by atoms with Crippen LogP contribution in [0.15, 0.2) is 30.3 Å². The van der Waals surface area contributed by atoms with Crippen LogP contribution >= 0.6 is 0 Å². The lowest BCUT2D eigenvalue weighted by molar-refractivity contribution is -0.134. The predicted octanol–water partition coefficient (Wildman–Crippen LogP) is 2.60. The van der Waals surface area contributed by atoms with Crippen molar-refractivity contribution in [3.8, 4) is 0 Å². The maximum absolute atomic E-state index is 14.6. The minimum atomic E-state index is -1.56. The Balaban J connectivity index is 1.62. The highest BCUT2D eigenvalue weighted by atomic mass is 19.1. The molecule has 1 aromatic carbocycles. The second-order valence-corrected chi connectivity index (χ2v) is 7.74. The van der Waals surface area contributed by atoms with Crippen molar-refractivity contribution in [2.45, 2.75) is 39.1 Å². The third-order valence-electron chi connectivity index (χ3n) is 4.45. The second-order valence-electron chi connectivity index (χ2n) is 7.74. The van der Waals surface area contributed by atoms with E-state index in [0.29, 0.717) is 13.1 Å². The van der Waals surface area contributed by atoms with Gasteiger partial charge >= 0.3 is 6.09 Å². The fourth-order valence-electron chi connectivity index (χ4n) is 3.33. The SMILES string of the molecule is CC(C)(C)OC(=O)N1CC2(C1)CN(Cc1ccccc1)C(=O)C2F. The average molecular weight is 334 g/mol. The monoisotopic (exact) mass is 334 g/mol. The molecule has 0 aromatic heterocycles. The summed E-state index contributed by atoms with van der Waals surface area (Å²) >= 11 is 0. The van der Waals surface area contributed by atoms with Crippen LogP contribution in [0.4, 0.5) is 9.18 Å². The summed E-state index contributed by atoms with van der Waals surface area (Å²) in [7, 11) is 0. The number of alkyl halides is 1. The number of benzene rings is 1. The first-order valence-electron chi connectivity index (χ1n) is 8.15. The zero-order valence-electron chi connectivity index (χ0n) is 14.3. The molecule has 1 aromatic rings. The first kappa shape index (κ1) is 16.7. The number of nitrogens with zero attached hydrogens (tertiary/aromatic N) is 2. The van der Waals surface area contributed by atoms with Gasteiger partial charge in [-0.25, -0.2) is 9.18 Å². The summed E-state index contributed by atoms with van der Waals surface area (Å²) in [5.74, 6) is -0.484. The van der Waals surface area contributed by atoms with Crippen molar-refractivity contribution in [1.82, 2.24) is 9.80 Å². The molecular formula is C18H23FN2O3. The van der Waals surface area contributed by atoms with Crippen molar-refractivity contribution in [1.29, 1.82) is 0 Å². The molecule has 0 bridgehead atoms. The third-order valence-corrected chi connectivity index (χ3v) is 4.45. The number of ether oxygens (including phenoxy) is 1. The Bertz CT molecular complexity index is 635. The van der Waals surface area contributed by atoms with Gasteiger partial charge in [0.1, 0.15) is 5.60 Å². The Hall–Kier alpha value is -2.11. The maximum Gasteiger partial charge on any atom is 0.410 e. The molecule has 2 saturated heterocycles. The number of hydrogen-bond donors (Lipinski definition) is 0. The molecule has 2 fully saturated rings. The third kappa shape index (κ3) is 3.09. The Morgan fingerprint density at radius 3 is 2.46 bits per heavy atom. The van der Waals surface area contributed by atoms with E-state index in [-0.39, 0.29) is 13.1 Å². The molecule has 5 nitrogen and oxygen atoms in total. The number of halogens is 1. The van der Waals surface area contributed by atoms with E-state index < -0.39 is 29.2 Å². The first-order chi connectivity index (χ1) is 11.2. The molecule has 0 N–H and O–H groups in total. The van der Waals surface area contributed by atoms with Gasteiger partial charge in [-0.15, -0.1) is 0 Å². The molecule has 24 heavy (non-hydrogen) atoms. The van der Waals surface area contributed by atoms with Crippen LogP contribution in [0.25, 0.3) is 0 Å². The Labute approximate surface area is 141 Å². The van der Waals surface area contributed by atoms with Crippen LogP contribution in [0.5, 0.6) is 0 Å². The van der Waals surface area contributed by atoms with Crippen molar-refractivity contribution >= 4 is 12.0 Å². The molecule has 3 rings (SSSR count). The molecule has 2 aliphatic heterocycles. The van der Waals surface area contributed by atoms with E-state index >= 15 is 0 Å². The highest BCUT2D eigenvalue weighted by Crippen LogP contribution is 2.43. The molecule has 0 aliphatic carbocycles. The minimum Gasteiger partial charge on any atom is -0.444 e. The largest absolute Gasteiger partial charge is 0.444 e. The predicted molar refractivity (Wildman–Crippen MR) is 87.0 cm³/mol. The van der Waals surface area contributed by atoms with Crippen molar-refractivity contribution in [2.24, 2.45) is 5.41 Å². The minimum absolute atomic E-state index is 0.222. The molecule has 2 aliphatic rings. The number of hydrogen-bond acceptors (Lipinski definition) is 3. The fourth-order valence-corrected chi connectivity index (χ4v) is 3.33. The second kappa shape index (κ2) is 5.76. The van der Waals surface area contributed by atoms with Crippen LogP contribution in [0, 0.1) is 5.41 Å². The molecule has 2 amide bonds. The van der Waals surface area contributed by atoms with Gasteiger partial charge in [-0.3, -0.25) is 4.79 Å². The summed E-state index contributed by atoms with van der Waals surface area (Å²) in [5, 5.41) is 0. The lowest BCUT2D eigenvalue weighted by atomic mass is 9.78. The lowest BCUT2D eigenvalue weighted by Gasteiger charge is -2.47. The van der Waals surface area contributed by atoms with Crippen LogP contribution in [0.1, 0.15) is 26.3 Å². The molecule has 0 radical (unpaired) electrons. The molecule has 1 unspecified atom stereocenters. The van der Waals surface area contributed by atoms with Gasteiger partial charge in [0.2, 0.25) is 0 Å². The zero-order chi connectivity index (χ0) is 17.5. The smallest absolute Gasteiger partial charge is 0.410 e. The standard InChI is InChI=1S/C18H23FN2O3/c1-17(2,3)24-16(23)21-11-18(12-21)10-20(15(22)14(18)19)9-13-7-5-4-6-8-13/h4-8,14H,9-12H2,1-3H3. The van der Waals surface area contributed by atoms with Gasteiger partial charge in [-0.2, -0.15) is 0 Å². The Morgan fingerprint density at radius 1 is 1.25 bits per heavy atom. The Kier molecular flexibility index (Phi) is 4.01. The van der Waals surface area contributed by atoms with Gasteiger partial charge in [0.05, 0.1) is 5.41 Å². The van der Waals surface area contributed by atoms with Crippen LogP contribution in [0.3, 0.4) is 0 Å². The van der Waals surface area contributed by atoms with E-state index in [4.69, 9.17) is 4.74 Å². The topological polar surface area (TPSA) is 49.9 Å². The summed E-state index contributed by atoms with van der Waals surface area (Å²) in [6.45, 7) is 6.55. The molecule has 6 heteroatoms. The molecule has 1 spiro atoms. The van der Waals surface area contributed by atoms with Gasteiger partial charge in [-0.05, 0) is 26.3 Å². The van der Waals surface area contributed by atoms with E-state index in [1.54, 1.807) is 25.7 Å². The molecule has 1 atom stereocenters. The van der Waals surface area contributed by atoms with Crippen molar-refractivity contribution in [2.75, 3.05) is 19.6 Å². The number of rotatable bonds is 2. The molecule has 130 valence electrons. The van der Waals surface area contributed by atoms with Crippen molar-refractivity contribution < 1.29 is 18.7 Å². The lowest BCUT2D eigenvalue weighted by Crippen LogP contribution is -2.63. The highest BCUT2D eigenvalue weighted by molar-refractivity contribution is 5.85. The summed E-state index contributed by atoms with van der Waals surface area (Å²) < 4.78 is 19.9. The van der Waals surface area contributed by atoms with E-state index in [2.05, 4.69) is 0 Å². The van der Waals surface area contributed by atoms with E-state index in [9.17, 15) is 14.0 Å². The summed E-state index contributed by atoms with van der Waals surface area (Å²) in [6.07, 6.45) is -2.01. The van der Waals surface area contributed by atoms with E-state index in [1.165, 1.54) is 4.90 Å². The normalized spacial score (nSPS) is 22.7. The zero-order valence-corrected chi connectivity index (χ0v) is 14.3. The van der Waals surface area contributed by atoms with Gasteiger partial charge in [0.25, 0.3) is 5.91 Å². The van der Waals surface area contributed by atoms with Crippen LogP contribution in [-0.2, 0) is 16.1 Å². The number of likely N-dealkylation sites (tertiary alicyclic amines) is 2. The summed E-state index contributed by atoms with van der Waals surface area (Å²) in [6, 6.07) is 9.52. The van der Waals surface area contributed by atoms with Crippen molar-refractivity contribution in [3.63, 3.8) is 0 Å². The molecule has 0 saturated carbocycles. The van der Waals surface area contributed by atoms with Crippen molar-refractivity contribution in [3.05, 3.63) is 35.9 Å². The number of carbonyl (C=O) groups excluding carboxylic acids is 2. The van der Waals surface area contributed by atoms with Crippen LogP contribution in [0.2, 0.25) is 0 Å². The molecular weight excluding hydrogens is 311 g/mol. The summed E-state index contributed by atoms with van der Waals surface area (Å²) in [5.41, 5.74) is -0.402. The highest BCUT2D eigenvalue weighted by Gasteiger charge is 2.60. The van der Waals surface area contributed by atoms with Gasteiger partial charge in [-0.1, -0.05) is 30.3 Å².